The SMILES string of the molecule is CC(=O)Nc1ccc(CC(=O)O[C@H](C)C(=O)Nc2ccc(Cl)cc2Cl)cc1. The van der Waals surface area contributed by atoms with E-state index in [0.717, 1.165) is 0 Å². The van der Waals surface area contributed by atoms with Gasteiger partial charge in [0.05, 0.1) is 17.1 Å². The molecule has 0 radical (unpaired) electrons. The van der Waals surface area contributed by atoms with E-state index in [1.165, 1.54) is 19.9 Å². The molecule has 142 valence electrons. The number of benzene rings is 2. The van der Waals surface area contributed by atoms with Crippen LogP contribution in [0.15, 0.2) is 42.5 Å². The third-order valence-electron chi connectivity index (χ3n) is 3.49. The van der Waals surface area contributed by atoms with Gasteiger partial charge in [-0.05, 0) is 42.8 Å². The van der Waals surface area contributed by atoms with E-state index in [9.17, 15) is 14.4 Å². The predicted molar refractivity (Wildman–Crippen MR) is 105 cm³/mol. The zero-order chi connectivity index (χ0) is 20.0. The van der Waals surface area contributed by atoms with E-state index in [0.29, 0.717) is 22.0 Å². The number of rotatable bonds is 6. The van der Waals surface area contributed by atoms with Crippen LogP contribution >= 0.6 is 23.2 Å². The molecule has 0 fully saturated rings. The minimum absolute atomic E-state index is 0.000325. The van der Waals surface area contributed by atoms with E-state index >= 15 is 0 Å². The Bertz CT molecular complexity index is 853. The summed E-state index contributed by atoms with van der Waals surface area (Å²) in [6.07, 6.45) is -0.998. The molecule has 0 bridgehead atoms. The quantitative estimate of drug-likeness (QED) is 0.705. The predicted octanol–water partition coefficient (Wildman–Crippen LogP) is 4.06. The third-order valence-corrected chi connectivity index (χ3v) is 4.04. The molecule has 2 amide bonds. The van der Waals surface area contributed by atoms with Crippen molar-refractivity contribution < 1.29 is 19.1 Å². The first-order valence-electron chi connectivity index (χ1n) is 8.06. The Labute approximate surface area is 166 Å². The highest BCUT2D eigenvalue weighted by Gasteiger charge is 2.19. The van der Waals surface area contributed by atoms with Crippen molar-refractivity contribution in [2.24, 2.45) is 0 Å². The van der Waals surface area contributed by atoms with Crippen LogP contribution < -0.4 is 10.6 Å². The fraction of sp³-hybridized carbons (Fsp3) is 0.211. The molecule has 2 rings (SSSR count). The van der Waals surface area contributed by atoms with Gasteiger partial charge in [0.15, 0.2) is 6.10 Å². The summed E-state index contributed by atoms with van der Waals surface area (Å²) in [6, 6.07) is 11.4. The van der Waals surface area contributed by atoms with Crippen LogP contribution in [0.2, 0.25) is 10.0 Å². The summed E-state index contributed by atoms with van der Waals surface area (Å²) in [5, 5.41) is 5.95. The lowest BCUT2D eigenvalue weighted by molar-refractivity contribution is -0.152. The number of hydrogen-bond acceptors (Lipinski definition) is 4. The number of anilines is 2. The van der Waals surface area contributed by atoms with E-state index in [1.807, 2.05) is 0 Å². The summed E-state index contributed by atoms with van der Waals surface area (Å²) in [5.74, 6) is -1.23. The Balaban J connectivity index is 1.88. The van der Waals surface area contributed by atoms with Crippen molar-refractivity contribution in [1.82, 2.24) is 0 Å². The van der Waals surface area contributed by atoms with E-state index in [4.69, 9.17) is 27.9 Å². The van der Waals surface area contributed by atoms with Gasteiger partial charge in [-0.15, -0.1) is 0 Å². The Morgan fingerprint density at radius 2 is 1.70 bits per heavy atom. The molecule has 0 spiro atoms. The highest BCUT2D eigenvalue weighted by Crippen LogP contribution is 2.25. The summed E-state index contributed by atoms with van der Waals surface area (Å²) in [6.45, 7) is 2.88. The van der Waals surface area contributed by atoms with Crippen molar-refractivity contribution >= 4 is 52.4 Å². The molecule has 0 aliphatic heterocycles. The van der Waals surface area contributed by atoms with Gasteiger partial charge in [0, 0.05) is 17.6 Å². The molecule has 2 aromatic carbocycles. The minimum atomic E-state index is -0.997. The van der Waals surface area contributed by atoms with E-state index in [-0.39, 0.29) is 17.4 Å². The summed E-state index contributed by atoms with van der Waals surface area (Å²) >= 11 is 11.8. The standard InChI is InChI=1S/C19H18Cl2N2O4/c1-11(19(26)23-17-8-5-14(20)10-16(17)21)27-18(25)9-13-3-6-15(7-4-13)22-12(2)24/h3-8,10-11H,9H2,1-2H3,(H,22,24)(H,23,26)/t11-/m1/s1. The number of ether oxygens (including phenoxy) is 1. The van der Waals surface area contributed by atoms with Gasteiger partial charge < -0.3 is 15.4 Å². The number of carbonyl (C=O) groups is 3. The van der Waals surface area contributed by atoms with Crippen LogP contribution in [0.25, 0.3) is 0 Å². The molecule has 2 aromatic rings. The third kappa shape index (κ3) is 6.58. The van der Waals surface area contributed by atoms with Crippen LogP contribution in [0, 0.1) is 0 Å². The first-order valence-corrected chi connectivity index (χ1v) is 8.82. The lowest BCUT2D eigenvalue weighted by Crippen LogP contribution is -2.30. The molecular weight excluding hydrogens is 391 g/mol. The van der Waals surface area contributed by atoms with Crippen molar-refractivity contribution in [3.8, 4) is 0 Å². The smallest absolute Gasteiger partial charge is 0.311 e. The number of halogens is 2. The average molecular weight is 409 g/mol. The van der Waals surface area contributed by atoms with Crippen molar-refractivity contribution in [2.75, 3.05) is 10.6 Å². The summed E-state index contributed by atoms with van der Waals surface area (Å²) in [4.78, 5) is 35.2. The maximum Gasteiger partial charge on any atom is 0.311 e. The lowest BCUT2D eigenvalue weighted by Gasteiger charge is -2.14. The molecule has 0 heterocycles. The monoisotopic (exact) mass is 408 g/mol. The number of amides is 2. The van der Waals surface area contributed by atoms with Gasteiger partial charge in [0.1, 0.15) is 0 Å². The van der Waals surface area contributed by atoms with Crippen molar-refractivity contribution in [2.45, 2.75) is 26.4 Å². The van der Waals surface area contributed by atoms with Gasteiger partial charge in [0.2, 0.25) is 5.91 Å². The van der Waals surface area contributed by atoms with E-state index < -0.39 is 18.0 Å². The van der Waals surface area contributed by atoms with Gasteiger partial charge in [0.25, 0.3) is 5.91 Å². The van der Waals surface area contributed by atoms with Crippen molar-refractivity contribution in [3.05, 3.63) is 58.1 Å². The maximum absolute atomic E-state index is 12.2. The Morgan fingerprint density at radius 1 is 1.04 bits per heavy atom. The summed E-state index contributed by atoms with van der Waals surface area (Å²) in [5.41, 5.74) is 1.71. The number of hydrogen-bond donors (Lipinski definition) is 2. The number of esters is 1. The second-order valence-electron chi connectivity index (χ2n) is 5.80. The molecule has 1 atom stereocenters. The highest BCUT2D eigenvalue weighted by atomic mass is 35.5. The van der Waals surface area contributed by atoms with Gasteiger partial charge in [-0.25, -0.2) is 0 Å². The Hall–Kier alpha value is -2.57. The van der Waals surface area contributed by atoms with Crippen LogP contribution in [0.3, 0.4) is 0 Å². The number of carbonyl (C=O) groups excluding carboxylic acids is 3. The Kier molecular flexibility index (Phi) is 7.21. The zero-order valence-corrected chi connectivity index (χ0v) is 16.2. The molecule has 0 aliphatic carbocycles. The van der Waals surface area contributed by atoms with Crippen LogP contribution in [-0.4, -0.2) is 23.9 Å². The van der Waals surface area contributed by atoms with E-state index in [1.54, 1.807) is 36.4 Å². The largest absolute Gasteiger partial charge is 0.452 e. The van der Waals surface area contributed by atoms with Crippen LogP contribution in [0.5, 0.6) is 0 Å². The molecule has 0 aromatic heterocycles. The zero-order valence-electron chi connectivity index (χ0n) is 14.7. The molecule has 2 N–H and O–H groups in total. The molecule has 0 saturated heterocycles. The van der Waals surface area contributed by atoms with Crippen LogP contribution in [0.1, 0.15) is 19.4 Å². The highest BCUT2D eigenvalue weighted by molar-refractivity contribution is 6.36. The van der Waals surface area contributed by atoms with Gasteiger partial charge in [-0.2, -0.15) is 0 Å². The van der Waals surface area contributed by atoms with Crippen molar-refractivity contribution in [3.63, 3.8) is 0 Å². The Morgan fingerprint density at radius 3 is 2.30 bits per heavy atom. The normalized spacial score (nSPS) is 11.4. The molecule has 27 heavy (non-hydrogen) atoms. The van der Waals surface area contributed by atoms with Gasteiger partial charge in [-0.1, -0.05) is 35.3 Å². The molecule has 0 unspecified atom stereocenters. The molecule has 8 heteroatoms. The minimum Gasteiger partial charge on any atom is -0.452 e. The number of nitrogens with one attached hydrogen (secondary N) is 2. The van der Waals surface area contributed by atoms with Crippen LogP contribution in [-0.2, 0) is 25.5 Å². The summed E-state index contributed by atoms with van der Waals surface area (Å²) < 4.78 is 5.16. The fourth-order valence-corrected chi connectivity index (χ4v) is 2.65. The molecule has 0 saturated carbocycles. The molecular formula is C19H18Cl2N2O4. The lowest BCUT2D eigenvalue weighted by atomic mass is 10.1. The topological polar surface area (TPSA) is 84.5 Å². The molecule has 6 nitrogen and oxygen atoms in total. The second kappa shape index (κ2) is 9.39. The first kappa shape index (κ1) is 20.7. The van der Waals surface area contributed by atoms with Crippen molar-refractivity contribution in [1.29, 1.82) is 0 Å². The second-order valence-corrected chi connectivity index (χ2v) is 6.64. The van der Waals surface area contributed by atoms with Crippen LogP contribution in [0.4, 0.5) is 11.4 Å². The maximum atomic E-state index is 12.2. The van der Waals surface area contributed by atoms with Gasteiger partial charge >= 0.3 is 5.97 Å². The van der Waals surface area contributed by atoms with Gasteiger partial charge in [-0.3, -0.25) is 14.4 Å². The fourth-order valence-electron chi connectivity index (χ4n) is 2.19. The average Bonchev–Trinajstić information content (AvgIpc) is 2.58. The molecule has 0 aliphatic rings. The van der Waals surface area contributed by atoms with E-state index in [2.05, 4.69) is 10.6 Å². The summed E-state index contributed by atoms with van der Waals surface area (Å²) in [7, 11) is 0. The first-order chi connectivity index (χ1) is 12.7.